The maximum Gasteiger partial charge on any atom is 0.303 e. The van der Waals surface area contributed by atoms with Gasteiger partial charge in [0.25, 0.3) is 0 Å². The van der Waals surface area contributed by atoms with Gasteiger partial charge in [-0.3, -0.25) is 4.79 Å². The Morgan fingerprint density at radius 3 is 0.600 bits per heavy atom. The van der Waals surface area contributed by atoms with E-state index in [0.29, 0.717) is 6.42 Å². The van der Waals surface area contributed by atoms with Crippen LogP contribution >= 0.6 is 22.6 Å². The molecule has 0 aromatic rings. The van der Waals surface area contributed by atoms with Crippen molar-refractivity contribution in [1.29, 1.82) is 0 Å². The fourth-order valence-electron chi connectivity index (χ4n) is 6.03. The molecule has 0 saturated carbocycles. The third-order valence-electron chi connectivity index (χ3n) is 8.77. The molecule has 0 rings (SSSR count). The molecule has 0 amide bonds. The minimum absolute atomic E-state index is 0.347. The second kappa shape index (κ2) is 37.2. The molecule has 40 heavy (non-hydrogen) atoms. The van der Waals surface area contributed by atoms with E-state index in [1.54, 1.807) is 0 Å². The molecular weight excluding hydrogens is 603 g/mol. The van der Waals surface area contributed by atoms with Crippen LogP contribution in [0.4, 0.5) is 0 Å². The first kappa shape index (κ1) is 40.2. The van der Waals surface area contributed by atoms with Crippen molar-refractivity contribution in [2.24, 2.45) is 0 Å². The fraction of sp³-hybridized carbons (Fsp3) is 0.973. The highest BCUT2D eigenvalue weighted by molar-refractivity contribution is 14.1. The summed E-state index contributed by atoms with van der Waals surface area (Å²) in [4.78, 5) is 10.5. The quantitative estimate of drug-likeness (QED) is 0.0407. The molecule has 0 heterocycles. The maximum atomic E-state index is 10.5. The number of carboxylic acid groups (broad SMARTS) is 1. The summed E-state index contributed by atoms with van der Waals surface area (Å²) in [7, 11) is 0. The molecule has 0 aliphatic carbocycles. The number of hydrogen-bond donors (Lipinski definition) is 1. The number of halogens is 1. The third kappa shape index (κ3) is 38.2. The highest BCUT2D eigenvalue weighted by atomic mass is 127. The Morgan fingerprint density at radius 2 is 0.450 bits per heavy atom. The van der Waals surface area contributed by atoms with E-state index in [1.807, 2.05) is 0 Å². The van der Waals surface area contributed by atoms with E-state index >= 15 is 0 Å². The smallest absolute Gasteiger partial charge is 0.303 e. The van der Waals surface area contributed by atoms with Crippen LogP contribution in [0.3, 0.4) is 0 Å². The van der Waals surface area contributed by atoms with Crippen molar-refractivity contribution in [2.45, 2.75) is 225 Å². The Hall–Kier alpha value is 0.200. The van der Waals surface area contributed by atoms with Gasteiger partial charge >= 0.3 is 5.97 Å². The van der Waals surface area contributed by atoms with Gasteiger partial charge in [0.15, 0.2) is 0 Å². The second-order valence-electron chi connectivity index (χ2n) is 12.9. The van der Waals surface area contributed by atoms with Crippen molar-refractivity contribution in [1.82, 2.24) is 0 Å². The number of carboxylic acids is 1. The van der Waals surface area contributed by atoms with Crippen molar-refractivity contribution in [3.05, 3.63) is 0 Å². The number of aliphatic carboxylic acids is 1. The lowest BCUT2D eigenvalue weighted by Crippen LogP contribution is -1.93. The van der Waals surface area contributed by atoms with Gasteiger partial charge in [-0.05, 0) is 17.3 Å². The number of unbranched alkanes of at least 4 members (excludes halogenated alkanes) is 33. The van der Waals surface area contributed by atoms with Crippen molar-refractivity contribution < 1.29 is 9.90 Å². The molecule has 0 spiro atoms. The molecular formula is C37H73IO2. The fourth-order valence-corrected chi connectivity index (χ4v) is 6.57. The molecule has 2 nitrogen and oxygen atoms in total. The van der Waals surface area contributed by atoms with E-state index < -0.39 is 5.97 Å². The van der Waals surface area contributed by atoms with Crippen LogP contribution in [0, 0.1) is 0 Å². The zero-order chi connectivity index (χ0) is 29.0. The Labute approximate surface area is 266 Å². The summed E-state index contributed by atoms with van der Waals surface area (Å²) in [5.74, 6) is -0.647. The van der Waals surface area contributed by atoms with Crippen LogP contribution in [0.2, 0.25) is 0 Å². The van der Waals surface area contributed by atoms with Gasteiger partial charge < -0.3 is 5.11 Å². The lowest BCUT2D eigenvalue weighted by Gasteiger charge is -2.05. The van der Waals surface area contributed by atoms with E-state index in [-0.39, 0.29) is 0 Å². The van der Waals surface area contributed by atoms with Crippen LogP contribution in [-0.2, 0) is 4.79 Å². The highest BCUT2D eigenvalue weighted by Crippen LogP contribution is 2.17. The standard InChI is InChI=1S/C37H73IO2/c38-36-34-32-30-28-26-24-22-20-18-16-14-12-10-8-6-4-2-1-3-5-7-9-11-13-15-17-19-21-23-25-27-29-31-33-35-37(39)40/h1-36H2,(H,39,40). The number of carbonyl (C=O) groups is 1. The summed E-state index contributed by atoms with van der Waals surface area (Å²) in [6.07, 6.45) is 48.5. The molecule has 240 valence electrons. The molecule has 0 bridgehead atoms. The second-order valence-corrected chi connectivity index (χ2v) is 13.9. The largest absolute Gasteiger partial charge is 0.481 e. The van der Waals surface area contributed by atoms with Crippen molar-refractivity contribution in [3.8, 4) is 0 Å². The van der Waals surface area contributed by atoms with Gasteiger partial charge in [0.1, 0.15) is 0 Å². The first-order valence-corrected chi connectivity index (χ1v) is 20.1. The average molecular weight is 677 g/mol. The summed E-state index contributed by atoms with van der Waals surface area (Å²) >= 11 is 2.50. The van der Waals surface area contributed by atoms with Gasteiger partial charge in [0.05, 0.1) is 0 Å². The van der Waals surface area contributed by atoms with Crippen LogP contribution in [0.5, 0.6) is 0 Å². The topological polar surface area (TPSA) is 37.3 Å². The Balaban J connectivity index is 3.03. The molecule has 0 saturated heterocycles. The van der Waals surface area contributed by atoms with Gasteiger partial charge in [0, 0.05) is 6.42 Å². The average Bonchev–Trinajstić information content (AvgIpc) is 2.95. The molecule has 0 fully saturated rings. The lowest BCUT2D eigenvalue weighted by molar-refractivity contribution is -0.137. The van der Waals surface area contributed by atoms with Crippen molar-refractivity contribution >= 4 is 28.6 Å². The lowest BCUT2D eigenvalue weighted by atomic mass is 10.0. The molecule has 0 atom stereocenters. The zero-order valence-corrected chi connectivity index (χ0v) is 29.3. The van der Waals surface area contributed by atoms with Crippen LogP contribution in [0.25, 0.3) is 0 Å². The van der Waals surface area contributed by atoms with Gasteiger partial charge in [-0.2, -0.15) is 0 Å². The molecule has 0 aliphatic rings. The van der Waals surface area contributed by atoms with Gasteiger partial charge in [-0.1, -0.05) is 228 Å². The Kier molecular flexibility index (Phi) is 37.4. The predicted octanol–water partition coefficient (Wildman–Crippen LogP) is 14.2. The van der Waals surface area contributed by atoms with E-state index in [1.165, 1.54) is 210 Å². The van der Waals surface area contributed by atoms with E-state index in [2.05, 4.69) is 22.6 Å². The third-order valence-corrected chi connectivity index (χ3v) is 9.54. The summed E-state index contributed by atoms with van der Waals surface area (Å²) in [5.41, 5.74) is 0. The van der Waals surface area contributed by atoms with Crippen LogP contribution in [0.15, 0.2) is 0 Å². The van der Waals surface area contributed by atoms with Crippen molar-refractivity contribution in [2.75, 3.05) is 4.43 Å². The SMILES string of the molecule is O=C(O)CCCCCCCCCCCCCCCCCCCCCCCCCCCCCCCCCCCCI. The summed E-state index contributed by atoms with van der Waals surface area (Å²) in [6.45, 7) is 0. The van der Waals surface area contributed by atoms with Crippen molar-refractivity contribution in [3.63, 3.8) is 0 Å². The van der Waals surface area contributed by atoms with Crippen LogP contribution in [-0.4, -0.2) is 15.5 Å². The molecule has 3 heteroatoms. The number of alkyl halides is 1. The predicted molar refractivity (Wildman–Crippen MR) is 188 cm³/mol. The van der Waals surface area contributed by atoms with Crippen LogP contribution < -0.4 is 0 Å². The Bertz CT molecular complexity index is 467. The molecule has 0 radical (unpaired) electrons. The molecule has 1 N–H and O–H groups in total. The Morgan fingerprint density at radius 1 is 0.300 bits per heavy atom. The van der Waals surface area contributed by atoms with Gasteiger partial charge in [0.2, 0.25) is 0 Å². The molecule has 0 aromatic heterocycles. The summed E-state index contributed by atoms with van der Waals surface area (Å²) < 4.78 is 1.34. The first-order chi connectivity index (χ1) is 19.8. The first-order valence-electron chi connectivity index (χ1n) is 18.5. The van der Waals surface area contributed by atoms with Gasteiger partial charge in [-0.25, -0.2) is 0 Å². The number of hydrogen-bond acceptors (Lipinski definition) is 1. The minimum atomic E-state index is -0.647. The monoisotopic (exact) mass is 676 g/mol. The number of rotatable bonds is 36. The normalized spacial score (nSPS) is 11.4. The molecule has 0 unspecified atom stereocenters. The van der Waals surface area contributed by atoms with E-state index in [4.69, 9.17) is 5.11 Å². The van der Waals surface area contributed by atoms with Crippen LogP contribution in [0.1, 0.15) is 225 Å². The summed E-state index contributed by atoms with van der Waals surface area (Å²) in [6, 6.07) is 0. The molecule has 0 aromatic carbocycles. The highest BCUT2D eigenvalue weighted by Gasteiger charge is 1.98. The summed E-state index contributed by atoms with van der Waals surface area (Å²) in [5, 5.41) is 8.64. The van der Waals surface area contributed by atoms with Gasteiger partial charge in [-0.15, -0.1) is 0 Å². The molecule has 0 aliphatic heterocycles. The zero-order valence-electron chi connectivity index (χ0n) is 27.2. The van der Waals surface area contributed by atoms with E-state index in [0.717, 1.165) is 12.8 Å². The minimum Gasteiger partial charge on any atom is -0.481 e. The van der Waals surface area contributed by atoms with E-state index in [9.17, 15) is 4.79 Å². The maximum absolute atomic E-state index is 10.5.